The summed E-state index contributed by atoms with van der Waals surface area (Å²) in [5.74, 6) is 0.100. The Balaban J connectivity index is 2.56. The van der Waals surface area contributed by atoms with Gasteiger partial charge in [-0.05, 0) is 19.8 Å². The molecule has 2 N–H and O–H groups in total. The van der Waals surface area contributed by atoms with Gasteiger partial charge in [0.2, 0.25) is 0 Å². The van der Waals surface area contributed by atoms with E-state index in [9.17, 15) is 4.79 Å². The van der Waals surface area contributed by atoms with Crippen LogP contribution in [0.1, 0.15) is 26.2 Å². The first-order valence-electron chi connectivity index (χ1n) is 4.59. The topological polar surface area (TPSA) is 52.3 Å². The molecule has 0 bridgehead atoms. The standard InChI is InChI=1S/C10H17NO2/c1-8(2)7-9(12)10(11)3-5-13-6-4-10/h1,3-7,11H2,2H3. The van der Waals surface area contributed by atoms with Gasteiger partial charge in [0.25, 0.3) is 0 Å². The fourth-order valence-corrected chi connectivity index (χ4v) is 1.46. The minimum Gasteiger partial charge on any atom is -0.381 e. The number of hydrogen-bond donors (Lipinski definition) is 1. The van der Waals surface area contributed by atoms with E-state index < -0.39 is 5.54 Å². The molecule has 0 unspecified atom stereocenters. The first kappa shape index (κ1) is 10.4. The summed E-state index contributed by atoms with van der Waals surface area (Å²) in [7, 11) is 0. The Morgan fingerprint density at radius 1 is 1.54 bits per heavy atom. The molecule has 0 amide bonds. The predicted octanol–water partition coefficient (Wildman–Crippen LogP) is 1.03. The van der Waals surface area contributed by atoms with Crippen molar-refractivity contribution in [1.29, 1.82) is 0 Å². The molecule has 3 heteroatoms. The lowest BCUT2D eigenvalue weighted by Crippen LogP contribution is -2.51. The van der Waals surface area contributed by atoms with E-state index in [1.165, 1.54) is 0 Å². The molecule has 74 valence electrons. The van der Waals surface area contributed by atoms with Crippen molar-refractivity contribution < 1.29 is 9.53 Å². The number of Topliss-reactive ketones (excluding diaryl/α,β-unsaturated/α-hetero) is 1. The van der Waals surface area contributed by atoms with Gasteiger partial charge in [0.15, 0.2) is 5.78 Å². The van der Waals surface area contributed by atoms with Gasteiger partial charge in [-0.25, -0.2) is 0 Å². The molecule has 3 nitrogen and oxygen atoms in total. The Labute approximate surface area is 78.9 Å². The van der Waals surface area contributed by atoms with Crippen LogP contribution >= 0.6 is 0 Å². The molecule has 1 rings (SSSR count). The Morgan fingerprint density at radius 3 is 2.54 bits per heavy atom. The molecule has 0 radical (unpaired) electrons. The van der Waals surface area contributed by atoms with Crippen molar-refractivity contribution in [3.63, 3.8) is 0 Å². The summed E-state index contributed by atoms with van der Waals surface area (Å²) >= 11 is 0. The Morgan fingerprint density at radius 2 is 2.08 bits per heavy atom. The molecule has 0 atom stereocenters. The average Bonchev–Trinajstić information content (AvgIpc) is 2.04. The molecule has 0 saturated carbocycles. The fraction of sp³-hybridized carbons (Fsp3) is 0.700. The van der Waals surface area contributed by atoms with Gasteiger partial charge in [-0.2, -0.15) is 0 Å². The minimum absolute atomic E-state index is 0.100. The van der Waals surface area contributed by atoms with Gasteiger partial charge in [-0.1, -0.05) is 12.2 Å². The number of ketones is 1. The van der Waals surface area contributed by atoms with Crippen LogP contribution in [0, 0.1) is 0 Å². The van der Waals surface area contributed by atoms with Crippen molar-refractivity contribution in [3.8, 4) is 0 Å². The lowest BCUT2D eigenvalue weighted by atomic mass is 9.84. The van der Waals surface area contributed by atoms with E-state index in [1.807, 2.05) is 6.92 Å². The van der Waals surface area contributed by atoms with Crippen LogP contribution in [0.15, 0.2) is 12.2 Å². The molecule has 1 aliphatic heterocycles. The van der Waals surface area contributed by atoms with E-state index in [0.717, 1.165) is 5.57 Å². The monoisotopic (exact) mass is 183 g/mol. The lowest BCUT2D eigenvalue weighted by Gasteiger charge is -2.31. The highest BCUT2D eigenvalue weighted by atomic mass is 16.5. The molecule has 0 spiro atoms. The molecule has 1 heterocycles. The zero-order chi connectivity index (χ0) is 9.90. The highest BCUT2D eigenvalue weighted by Crippen LogP contribution is 2.21. The van der Waals surface area contributed by atoms with E-state index in [-0.39, 0.29) is 5.78 Å². The van der Waals surface area contributed by atoms with Gasteiger partial charge in [0.05, 0.1) is 5.54 Å². The van der Waals surface area contributed by atoms with Crippen molar-refractivity contribution in [1.82, 2.24) is 0 Å². The van der Waals surface area contributed by atoms with Crippen molar-refractivity contribution in [3.05, 3.63) is 12.2 Å². The molecular formula is C10H17NO2. The third-order valence-corrected chi connectivity index (χ3v) is 2.40. The van der Waals surface area contributed by atoms with Gasteiger partial charge in [-0.15, -0.1) is 0 Å². The van der Waals surface area contributed by atoms with Crippen LogP contribution in [0.25, 0.3) is 0 Å². The second kappa shape index (κ2) is 4.03. The third kappa shape index (κ3) is 2.64. The molecule has 0 aromatic heterocycles. The smallest absolute Gasteiger partial charge is 0.156 e. The summed E-state index contributed by atoms with van der Waals surface area (Å²) in [5.41, 5.74) is 6.20. The summed E-state index contributed by atoms with van der Waals surface area (Å²) in [4.78, 5) is 11.7. The highest BCUT2D eigenvalue weighted by Gasteiger charge is 2.34. The summed E-state index contributed by atoms with van der Waals surface area (Å²) in [6.07, 6.45) is 1.68. The van der Waals surface area contributed by atoms with Crippen molar-refractivity contribution in [2.24, 2.45) is 5.73 Å². The maximum absolute atomic E-state index is 11.7. The summed E-state index contributed by atoms with van der Waals surface area (Å²) in [6, 6.07) is 0. The Bertz CT molecular complexity index is 217. The molecule has 0 aromatic rings. The molecule has 1 saturated heterocycles. The predicted molar refractivity (Wildman–Crippen MR) is 51.4 cm³/mol. The quantitative estimate of drug-likeness (QED) is 0.665. The van der Waals surface area contributed by atoms with Crippen LogP contribution in [0.2, 0.25) is 0 Å². The number of nitrogens with two attached hydrogens (primary N) is 1. The van der Waals surface area contributed by atoms with E-state index in [1.54, 1.807) is 0 Å². The average molecular weight is 183 g/mol. The third-order valence-electron chi connectivity index (χ3n) is 2.40. The maximum atomic E-state index is 11.7. The maximum Gasteiger partial charge on any atom is 0.156 e. The molecule has 1 fully saturated rings. The first-order chi connectivity index (χ1) is 6.04. The van der Waals surface area contributed by atoms with Crippen LogP contribution < -0.4 is 5.73 Å². The summed E-state index contributed by atoms with van der Waals surface area (Å²) in [5, 5.41) is 0. The van der Waals surface area contributed by atoms with Crippen LogP contribution in [0.4, 0.5) is 0 Å². The Kier molecular flexibility index (Phi) is 3.22. The number of allylic oxidation sites excluding steroid dienone is 1. The normalized spacial score (nSPS) is 21.1. The lowest BCUT2D eigenvalue weighted by molar-refractivity contribution is -0.126. The fourth-order valence-electron chi connectivity index (χ4n) is 1.46. The van der Waals surface area contributed by atoms with E-state index >= 15 is 0 Å². The number of rotatable bonds is 3. The Hall–Kier alpha value is -0.670. The van der Waals surface area contributed by atoms with Crippen molar-refractivity contribution in [2.45, 2.75) is 31.7 Å². The van der Waals surface area contributed by atoms with Crippen LogP contribution in [0.5, 0.6) is 0 Å². The number of carbonyl (C=O) groups is 1. The van der Waals surface area contributed by atoms with Crippen LogP contribution in [0.3, 0.4) is 0 Å². The molecular weight excluding hydrogens is 166 g/mol. The zero-order valence-electron chi connectivity index (χ0n) is 8.14. The SMILES string of the molecule is C=C(C)CC(=O)C1(N)CCOCC1. The van der Waals surface area contributed by atoms with Gasteiger partial charge in [-0.3, -0.25) is 4.79 Å². The number of carbonyl (C=O) groups excluding carboxylic acids is 1. The molecule has 13 heavy (non-hydrogen) atoms. The largest absolute Gasteiger partial charge is 0.381 e. The second-order valence-electron chi connectivity index (χ2n) is 3.83. The van der Waals surface area contributed by atoms with Gasteiger partial charge >= 0.3 is 0 Å². The van der Waals surface area contributed by atoms with Crippen LogP contribution in [-0.4, -0.2) is 24.5 Å². The zero-order valence-corrected chi connectivity index (χ0v) is 8.14. The number of ether oxygens (including phenoxy) is 1. The molecule has 1 aliphatic rings. The van der Waals surface area contributed by atoms with Gasteiger partial charge in [0.1, 0.15) is 0 Å². The molecule has 0 aliphatic carbocycles. The second-order valence-corrected chi connectivity index (χ2v) is 3.83. The van der Waals surface area contributed by atoms with Gasteiger partial charge in [0, 0.05) is 19.6 Å². The highest BCUT2D eigenvalue weighted by molar-refractivity contribution is 5.89. The summed E-state index contributed by atoms with van der Waals surface area (Å²) < 4.78 is 5.17. The van der Waals surface area contributed by atoms with Crippen molar-refractivity contribution >= 4 is 5.78 Å². The number of hydrogen-bond acceptors (Lipinski definition) is 3. The first-order valence-corrected chi connectivity index (χ1v) is 4.59. The minimum atomic E-state index is -0.656. The van der Waals surface area contributed by atoms with Gasteiger partial charge < -0.3 is 10.5 Å². The van der Waals surface area contributed by atoms with Crippen LogP contribution in [-0.2, 0) is 9.53 Å². The van der Waals surface area contributed by atoms with Crippen molar-refractivity contribution in [2.75, 3.05) is 13.2 Å². The van der Waals surface area contributed by atoms with E-state index in [0.29, 0.717) is 32.5 Å². The summed E-state index contributed by atoms with van der Waals surface area (Å²) in [6.45, 7) is 6.75. The molecule has 0 aromatic carbocycles. The van der Waals surface area contributed by atoms with E-state index in [2.05, 4.69) is 6.58 Å². The van der Waals surface area contributed by atoms with E-state index in [4.69, 9.17) is 10.5 Å².